The van der Waals surface area contributed by atoms with Gasteiger partial charge in [0.2, 0.25) is 5.91 Å². The first-order valence-corrected chi connectivity index (χ1v) is 13.1. The molecule has 4 nitrogen and oxygen atoms in total. The number of nitrogens with zero attached hydrogens (tertiary/aromatic N) is 2. The SMILES string of the molecule is CCC(=O)CCCCCCCC(=O)N1CCC(N(c2ccccc2)c2ccc(C(F)(F)F)cc2)CC1. The normalized spacial score (nSPS) is 14.6. The third-order valence-corrected chi connectivity index (χ3v) is 6.93. The van der Waals surface area contributed by atoms with Gasteiger partial charge in [-0.25, -0.2) is 0 Å². The summed E-state index contributed by atoms with van der Waals surface area (Å²) in [5.74, 6) is 0.494. The van der Waals surface area contributed by atoms with Crippen LogP contribution in [0.5, 0.6) is 0 Å². The molecule has 0 bridgehead atoms. The van der Waals surface area contributed by atoms with E-state index in [1.54, 1.807) is 0 Å². The fourth-order valence-electron chi connectivity index (χ4n) is 4.81. The monoisotopic (exact) mass is 502 g/mol. The van der Waals surface area contributed by atoms with Crippen LogP contribution in [-0.4, -0.2) is 35.7 Å². The molecule has 1 saturated heterocycles. The molecule has 0 saturated carbocycles. The second-order valence-corrected chi connectivity index (χ2v) is 9.52. The zero-order chi connectivity index (χ0) is 26.0. The Hall–Kier alpha value is -2.83. The van der Waals surface area contributed by atoms with Crippen molar-refractivity contribution in [3.05, 3.63) is 60.2 Å². The van der Waals surface area contributed by atoms with E-state index in [2.05, 4.69) is 4.90 Å². The lowest BCUT2D eigenvalue weighted by molar-refractivity contribution is -0.137. The molecule has 0 atom stereocenters. The first kappa shape index (κ1) is 27.8. The van der Waals surface area contributed by atoms with Gasteiger partial charge >= 0.3 is 6.18 Å². The summed E-state index contributed by atoms with van der Waals surface area (Å²) in [7, 11) is 0. The van der Waals surface area contributed by atoms with Gasteiger partial charge in [-0.05, 0) is 62.1 Å². The number of para-hydroxylation sites is 1. The number of carbonyl (C=O) groups excluding carboxylic acids is 2. The lowest BCUT2D eigenvalue weighted by atomic mass is 10.00. The van der Waals surface area contributed by atoms with E-state index in [0.29, 0.717) is 38.1 Å². The van der Waals surface area contributed by atoms with Gasteiger partial charge in [0.25, 0.3) is 0 Å². The average Bonchev–Trinajstić information content (AvgIpc) is 2.89. The number of unbranched alkanes of at least 4 members (excludes halogenated alkanes) is 4. The van der Waals surface area contributed by atoms with E-state index >= 15 is 0 Å². The van der Waals surface area contributed by atoms with Gasteiger partial charge in [0.1, 0.15) is 5.78 Å². The molecule has 1 heterocycles. The molecule has 1 aliphatic rings. The number of Topliss-reactive ketones (excluding diaryl/α,β-unsaturated/α-hetero) is 1. The molecular weight excluding hydrogens is 465 g/mol. The van der Waals surface area contributed by atoms with Crippen LogP contribution in [-0.2, 0) is 15.8 Å². The number of carbonyl (C=O) groups is 2. The molecule has 36 heavy (non-hydrogen) atoms. The van der Waals surface area contributed by atoms with Crippen LogP contribution in [0.4, 0.5) is 24.5 Å². The van der Waals surface area contributed by atoms with Crippen molar-refractivity contribution in [3.8, 4) is 0 Å². The van der Waals surface area contributed by atoms with E-state index in [0.717, 1.165) is 68.5 Å². The third-order valence-electron chi connectivity index (χ3n) is 6.93. The van der Waals surface area contributed by atoms with E-state index < -0.39 is 11.7 Å². The summed E-state index contributed by atoms with van der Waals surface area (Å²) in [6.07, 6.45) is 3.84. The zero-order valence-corrected chi connectivity index (χ0v) is 21.1. The van der Waals surface area contributed by atoms with E-state index in [4.69, 9.17) is 0 Å². The molecule has 0 radical (unpaired) electrons. The average molecular weight is 503 g/mol. The molecule has 0 spiro atoms. The number of benzene rings is 2. The van der Waals surface area contributed by atoms with Crippen molar-refractivity contribution in [3.63, 3.8) is 0 Å². The number of halogens is 3. The predicted octanol–water partition coefficient (Wildman–Crippen LogP) is 7.54. The Labute approximate surface area is 212 Å². The first-order valence-electron chi connectivity index (χ1n) is 13.1. The van der Waals surface area contributed by atoms with E-state index in [1.807, 2.05) is 42.2 Å². The summed E-state index contributed by atoms with van der Waals surface area (Å²) in [4.78, 5) is 28.1. The van der Waals surface area contributed by atoms with Gasteiger partial charge < -0.3 is 9.80 Å². The second-order valence-electron chi connectivity index (χ2n) is 9.52. The number of piperidine rings is 1. The minimum Gasteiger partial charge on any atom is -0.343 e. The zero-order valence-electron chi connectivity index (χ0n) is 21.1. The maximum atomic E-state index is 13.1. The number of rotatable bonds is 12. The second kappa shape index (κ2) is 13.5. The Kier molecular flexibility index (Phi) is 10.4. The topological polar surface area (TPSA) is 40.6 Å². The molecule has 1 amide bonds. The number of amides is 1. The van der Waals surface area contributed by atoms with Crippen LogP contribution in [0.1, 0.15) is 76.7 Å². The summed E-state index contributed by atoms with van der Waals surface area (Å²) in [6.45, 7) is 3.18. The molecule has 196 valence electrons. The molecule has 0 aliphatic carbocycles. The van der Waals surface area contributed by atoms with Crippen LogP contribution in [0.25, 0.3) is 0 Å². The highest BCUT2D eigenvalue weighted by atomic mass is 19.4. The van der Waals surface area contributed by atoms with Gasteiger partial charge in [-0.1, -0.05) is 44.4 Å². The molecule has 0 aromatic heterocycles. The van der Waals surface area contributed by atoms with E-state index in [9.17, 15) is 22.8 Å². The number of anilines is 2. The molecular formula is C29H37F3N2O2. The van der Waals surface area contributed by atoms with Crippen molar-refractivity contribution in [2.75, 3.05) is 18.0 Å². The maximum absolute atomic E-state index is 13.1. The lowest BCUT2D eigenvalue weighted by Gasteiger charge is -2.40. The Morgan fingerprint density at radius 1 is 0.833 bits per heavy atom. The maximum Gasteiger partial charge on any atom is 0.416 e. The van der Waals surface area contributed by atoms with Crippen LogP contribution in [0.2, 0.25) is 0 Å². The number of alkyl halides is 3. The highest BCUT2D eigenvalue weighted by Gasteiger charge is 2.31. The summed E-state index contributed by atoms with van der Waals surface area (Å²) in [5, 5.41) is 0. The number of likely N-dealkylation sites (tertiary alicyclic amines) is 1. The quantitative estimate of drug-likeness (QED) is 0.282. The Morgan fingerprint density at radius 2 is 1.39 bits per heavy atom. The van der Waals surface area contributed by atoms with Gasteiger partial charge in [0, 0.05) is 49.8 Å². The van der Waals surface area contributed by atoms with Crippen LogP contribution >= 0.6 is 0 Å². The minimum atomic E-state index is -4.37. The summed E-state index contributed by atoms with van der Waals surface area (Å²) in [5.41, 5.74) is 0.997. The highest BCUT2D eigenvalue weighted by Crippen LogP contribution is 2.35. The van der Waals surface area contributed by atoms with E-state index in [-0.39, 0.29) is 11.9 Å². The third kappa shape index (κ3) is 8.10. The van der Waals surface area contributed by atoms with Crippen molar-refractivity contribution < 1.29 is 22.8 Å². The fraction of sp³-hybridized carbons (Fsp3) is 0.517. The molecule has 0 N–H and O–H groups in total. The van der Waals surface area contributed by atoms with Crippen molar-refractivity contribution >= 4 is 23.1 Å². The van der Waals surface area contributed by atoms with Crippen LogP contribution < -0.4 is 4.90 Å². The molecule has 1 fully saturated rings. The van der Waals surface area contributed by atoms with Crippen molar-refractivity contribution in [1.82, 2.24) is 4.90 Å². The smallest absolute Gasteiger partial charge is 0.343 e. The summed E-state index contributed by atoms with van der Waals surface area (Å²) < 4.78 is 39.2. The van der Waals surface area contributed by atoms with Crippen LogP contribution in [0.15, 0.2) is 54.6 Å². The summed E-state index contributed by atoms with van der Waals surface area (Å²) >= 11 is 0. The fourth-order valence-corrected chi connectivity index (χ4v) is 4.81. The molecule has 3 rings (SSSR count). The van der Waals surface area contributed by atoms with Gasteiger partial charge in [-0.2, -0.15) is 13.2 Å². The standard InChI is InChI=1S/C29H37F3N2O2/c1-2-27(35)13-9-4-3-5-10-14-28(36)33-21-19-26(20-22-33)34(24-11-7-6-8-12-24)25-17-15-23(16-18-25)29(30,31)32/h6-8,11-12,15-18,26H,2-5,9-10,13-14,19-22H2,1H3. The Morgan fingerprint density at radius 3 is 1.97 bits per heavy atom. The van der Waals surface area contributed by atoms with Gasteiger partial charge in [0.15, 0.2) is 0 Å². The molecule has 0 unspecified atom stereocenters. The van der Waals surface area contributed by atoms with Crippen molar-refractivity contribution in [2.24, 2.45) is 0 Å². The van der Waals surface area contributed by atoms with Gasteiger partial charge in [-0.3, -0.25) is 9.59 Å². The molecule has 2 aromatic carbocycles. The predicted molar refractivity (Wildman–Crippen MR) is 137 cm³/mol. The lowest BCUT2D eigenvalue weighted by Crippen LogP contribution is -2.45. The van der Waals surface area contributed by atoms with Gasteiger partial charge in [0.05, 0.1) is 5.56 Å². The van der Waals surface area contributed by atoms with Crippen LogP contribution in [0, 0.1) is 0 Å². The summed E-state index contributed by atoms with van der Waals surface area (Å²) in [6, 6.07) is 15.1. The molecule has 2 aromatic rings. The van der Waals surface area contributed by atoms with Crippen molar-refractivity contribution in [1.29, 1.82) is 0 Å². The Bertz CT molecular complexity index is 953. The molecule has 1 aliphatic heterocycles. The van der Waals surface area contributed by atoms with E-state index in [1.165, 1.54) is 12.1 Å². The largest absolute Gasteiger partial charge is 0.416 e. The molecule has 7 heteroatoms. The Balaban J connectivity index is 1.51. The first-order chi connectivity index (χ1) is 17.3. The highest BCUT2D eigenvalue weighted by molar-refractivity contribution is 5.78. The number of hydrogen-bond acceptors (Lipinski definition) is 3. The van der Waals surface area contributed by atoms with Crippen molar-refractivity contribution in [2.45, 2.75) is 83.4 Å². The number of ketones is 1. The van der Waals surface area contributed by atoms with Gasteiger partial charge in [-0.15, -0.1) is 0 Å². The van der Waals surface area contributed by atoms with Crippen LogP contribution in [0.3, 0.4) is 0 Å². The number of hydrogen-bond donors (Lipinski definition) is 0. The minimum absolute atomic E-state index is 0.0963.